The molecule has 0 fully saturated rings. The van der Waals surface area contributed by atoms with Crippen molar-refractivity contribution in [1.29, 1.82) is 0 Å². The number of carbonyl (C=O) groups is 1. The van der Waals surface area contributed by atoms with Crippen LogP contribution < -0.4 is 4.74 Å². The molecule has 0 aliphatic heterocycles. The van der Waals surface area contributed by atoms with Crippen LogP contribution >= 0.6 is 31.9 Å². The fraction of sp³-hybridized carbons (Fsp3) is 0.0714. The molecule has 5 heteroatoms. The van der Waals surface area contributed by atoms with Gasteiger partial charge in [0.15, 0.2) is 5.78 Å². The van der Waals surface area contributed by atoms with Gasteiger partial charge in [-0.25, -0.2) is 4.39 Å². The average molecular weight is 388 g/mol. The van der Waals surface area contributed by atoms with E-state index in [1.54, 1.807) is 30.3 Å². The van der Waals surface area contributed by atoms with Gasteiger partial charge in [0.2, 0.25) is 0 Å². The smallest absolute Gasteiger partial charge is 0.163 e. The van der Waals surface area contributed by atoms with E-state index < -0.39 is 5.82 Å². The SMILES string of the molecule is CC(=O)c1ccc(Br)cc1Oc1ccc(Br)c(F)c1. The number of hydrogen-bond acceptors (Lipinski definition) is 2. The monoisotopic (exact) mass is 386 g/mol. The summed E-state index contributed by atoms with van der Waals surface area (Å²) in [6.45, 7) is 1.46. The summed E-state index contributed by atoms with van der Waals surface area (Å²) in [4.78, 5) is 11.5. The molecular weight excluding hydrogens is 379 g/mol. The molecule has 2 aromatic carbocycles. The fourth-order valence-corrected chi connectivity index (χ4v) is 2.13. The topological polar surface area (TPSA) is 26.3 Å². The maximum absolute atomic E-state index is 13.4. The number of halogens is 3. The Balaban J connectivity index is 2.39. The zero-order valence-electron chi connectivity index (χ0n) is 9.91. The van der Waals surface area contributed by atoms with Crippen molar-refractivity contribution in [3.63, 3.8) is 0 Å². The van der Waals surface area contributed by atoms with Crippen LogP contribution in [0.4, 0.5) is 4.39 Å². The highest BCUT2D eigenvalue weighted by Crippen LogP contribution is 2.30. The highest BCUT2D eigenvalue weighted by molar-refractivity contribution is 9.10. The fourth-order valence-electron chi connectivity index (χ4n) is 1.54. The molecule has 0 heterocycles. The van der Waals surface area contributed by atoms with Crippen molar-refractivity contribution in [3.8, 4) is 11.5 Å². The number of hydrogen-bond donors (Lipinski definition) is 0. The summed E-state index contributed by atoms with van der Waals surface area (Å²) in [7, 11) is 0. The predicted molar refractivity (Wildman–Crippen MR) is 78.3 cm³/mol. The van der Waals surface area contributed by atoms with Gasteiger partial charge in [0.1, 0.15) is 17.3 Å². The van der Waals surface area contributed by atoms with E-state index in [4.69, 9.17) is 4.74 Å². The predicted octanol–water partition coefficient (Wildman–Crippen LogP) is 5.35. The normalized spacial score (nSPS) is 10.3. The largest absolute Gasteiger partial charge is 0.456 e. The molecule has 0 saturated heterocycles. The van der Waals surface area contributed by atoms with Gasteiger partial charge >= 0.3 is 0 Å². The van der Waals surface area contributed by atoms with Crippen LogP contribution in [0.3, 0.4) is 0 Å². The van der Waals surface area contributed by atoms with Crippen LogP contribution in [0, 0.1) is 5.82 Å². The Morgan fingerprint density at radius 3 is 2.53 bits per heavy atom. The van der Waals surface area contributed by atoms with E-state index in [9.17, 15) is 9.18 Å². The lowest BCUT2D eigenvalue weighted by molar-refractivity contribution is 0.101. The maximum atomic E-state index is 13.4. The van der Waals surface area contributed by atoms with Gasteiger partial charge in [-0.05, 0) is 53.2 Å². The highest BCUT2D eigenvalue weighted by atomic mass is 79.9. The molecule has 19 heavy (non-hydrogen) atoms. The molecule has 0 aromatic heterocycles. The van der Waals surface area contributed by atoms with Crippen LogP contribution in [0.25, 0.3) is 0 Å². The van der Waals surface area contributed by atoms with Gasteiger partial charge in [0, 0.05) is 10.5 Å². The average Bonchev–Trinajstić information content (AvgIpc) is 2.33. The zero-order valence-corrected chi connectivity index (χ0v) is 13.1. The Morgan fingerprint density at radius 1 is 1.16 bits per heavy atom. The standard InChI is InChI=1S/C14H9Br2FO2/c1-8(18)11-4-2-9(15)6-14(11)19-10-3-5-12(16)13(17)7-10/h2-7H,1H3. The van der Waals surface area contributed by atoms with E-state index in [1.807, 2.05) is 0 Å². The second-order valence-corrected chi connectivity index (χ2v) is 5.64. The number of carbonyl (C=O) groups excluding carboxylic acids is 1. The number of ketones is 1. The zero-order chi connectivity index (χ0) is 14.0. The van der Waals surface area contributed by atoms with E-state index in [-0.39, 0.29) is 5.78 Å². The van der Waals surface area contributed by atoms with Crippen LogP contribution in [0.15, 0.2) is 45.3 Å². The molecule has 0 bridgehead atoms. The summed E-state index contributed by atoms with van der Waals surface area (Å²) in [6.07, 6.45) is 0. The molecule has 2 aromatic rings. The van der Waals surface area contributed by atoms with Crippen molar-refractivity contribution in [2.75, 3.05) is 0 Å². The van der Waals surface area contributed by atoms with Crippen molar-refractivity contribution < 1.29 is 13.9 Å². The first-order valence-corrected chi connectivity index (χ1v) is 6.99. The second-order valence-electron chi connectivity index (χ2n) is 3.87. The van der Waals surface area contributed by atoms with Crippen molar-refractivity contribution in [2.45, 2.75) is 6.92 Å². The quantitative estimate of drug-likeness (QED) is 0.664. The van der Waals surface area contributed by atoms with Crippen molar-refractivity contribution in [1.82, 2.24) is 0 Å². The Labute approximate surface area is 126 Å². The van der Waals surface area contributed by atoms with E-state index in [2.05, 4.69) is 31.9 Å². The Hall–Kier alpha value is -1.20. The summed E-state index contributed by atoms with van der Waals surface area (Å²) < 4.78 is 20.1. The molecular formula is C14H9Br2FO2. The minimum atomic E-state index is -0.420. The molecule has 0 unspecified atom stereocenters. The lowest BCUT2D eigenvalue weighted by Gasteiger charge is -2.10. The van der Waals surface area contributed by atoms with Crippen LogP contribution in [0.1, 0.15) is 17.3 Å². The number of Topliss-reactive ketones (excluding diaryl/α,β-unsaturated/α-hetero) is 1. The van der Waals surface area contributed by atoms with Crippen LogP contribution in [0.5, 0.6) is 11.5 Å². The molecule has 0 spiro atoms. The van der Waals surface area contributed by atoms with Gasteiger partial charge in [-0.2, -0.15) is 0 Å². The third-order valence-electron chi connectivity index (χ3n) is 2.44. The molecule has 0 aliphatic rings. The molecule has 0 N–H and O–H groups in total. The molecule has 0 radical (unpaired) electrons. The first-order valence-electron chi connectivity index (χ1n) is 5.41. The van der Waals surface area contributed by atoms with Crippen LogP contribution in [-0.4, -0.2) is 5.78 Å². The van der Waals surface area contributed by atoms with Crippen molar-refractivity contribution in [2.24, 2.45) is 0 Å². The summed E-state index contributed by atoms with van der Waals surface area (Å²) in [5, 5.41) is 0. The first kappa shape index (κ1) is 14.2. The van der Waals surface area contributed by atoms with Gasteiger partial charge in [0.25, 0.3) is 0 Å². The van der Waals surface area contributed by atoms with Crippen molar-refractivity contribution >= 4 is 37.6 Å². The van der Waals surface area contributed by atoms with Gasteiger partial charge < -0.3 is 4.74 Å². The maximum Gasteiger partial charge on any atom is 0.163 e. The molecule has 0 aliphatic carbocycles. The third-order valence-corrected chi connectivity index (χ3v) is 3.58. The molecule has 0 amide bonds. The summed E-state index contributed by atoms with van der Waals surface area (Å²) in [5.41, 5.74) is 0.450. The summed E-state index contributed by atoms with van der Waals surface area (Å²) >= 11 is 6.38. The summed E-state index contributed by atoms with van der Waals surface area (Å²) in [5.74, 6) is 0.196. The van der Waals surface area contributed by atoms with Gasteiger partial charge in [-0.3, -0.25) is 4.79 Å². The Morgan fingerprint density at radius 2 is 1.89 bits per heavy atom. The molecule has 0 atom stereocenters. The van der Waals surface area contributed by atoms with Crippen LogP contribution in [-0.2, 0) is 0 Å². The molecule has 98 valence electrons. The van der Waals surface area contributed by atoms with E-state index >= 15 is 0 Å². The number of ether oxygens (including phenoxy) is 1. The van der Waals surface area contributed by atoms with Crippen molar-refractivity contribution in [3.05, 3.63) is 56.7 Å². The van der Waals surface area contributed by atoms with E-state index in [0.29, 0.717) is 21.5 Å². The molecule has 2 rings (SSSR count). The summed E-state index contributed by atoms with van der Waals surface area (Å²) in [6, 6.07) is 9.53. The minimum absolute atomic E-state index is 0.111. The third kappa shape index (κ3) is 3.42. The Kier molecular flexibility index (Phi) is 4.37. The molecule has 0 saturated carbocycles. The first-order chi connectivity index (χ1) is 8.97. The van der Waals surface area contributed by atoms with Gasteiger partial charge in [-0.1, -0.05) is 15.9 Å². The van der Waals surface area contributed by atoms with Gasteiger partial charge in [-0.15, -0.1) is 0 Å². The lowest BCUT2D eigenvalue weighted by Crippen LogP contribution is -1.97. The number of benzene rings is 2. The van der Waals surface area contributed by atoms with E-state index in [1.165, 1.54) is 13.0 Å². The van der Waals surface area contributed by atoms with E-state index in [0.717, 1.165) is 4.47 Å². The minimum Gasteiger partial charge on any atom is -0.456 e. The lowest BCUT2D eigenvalue weighted by atomic mass is 10.1. The highest BCUT2D eigenvalue weighted by Gasteiger charge is 2.11. The molecule has 2 nitrogen and oxygen atoms in total. The Bertz CT molecular complexity index is 641. The van der Waals surface area contributed by atoms with Gasteiger partial charge in [0.05, 0.1) is 10.0 Å². The number of rotatable bonds is 3. The van der Waals surface area contributed by atoms with Crippen LogP contribution in [0.2, 0.25) is 0 Å². The second kappa shape index (κ2) is 5.84.